The van der Waals surface area contributed by atoms with Crippen molar-refractivity contribution < 1.29 is 4.79 Å². The van der Waals surface area contributed by atoms with E-state index in [0.717, 1.165) is 6.42 Å². The normalized spacial score (nSPS) is 13.2. The lowest BCUT2D eigenvalue weighted by molar-refractivity contribution is -0.129. The summed E-state index contributed by atoms with van der Waals surface area (Å²) in [6, 6.07) is 0.122. The molecule has 0 saturated carbocycles. The molecule has 1 unspecified atom stereocenters. The van der Waals surface area contributed by atoms with Crippen LogP contribution in [0.2, 0.25) is 0 Å². The van der Waals surface area contributed by atoms with Crippen molar-refractivity contribution in [3.05, 3.63) is 0 Å². The summed E-state index contributed by atoms with van der Waals surface area (Å²) in [5.41, 5.74) is -0.331. The fourth-order valence-electron chi connectivity index (χ4n) is 0.842. The molecule has 1 atom stereocenters. The Labute approximate surface area is 81.1 Å². The van der Waals surface area contributed by atoms with E-state index in [-0.39, 0.29) is 17.4 Å². The first-order valence-corrected chi connectivity index (χ1v) is 4.66. The molecule has 1 N–H and O–H groups in total. The van der Waals surface area contributed by atoms with E-state index in [4.69, 9.17) is 6.42 Å². The first-order chi connectivity index (χ1) is 5.91. The minimum Gasteiger partial charge on any atom is -0.352 e. The first kappa shape index (κ1) is 12.0. The summed E-state index contributed by atoms with van der Waals surface area (Å²) in [4.78, 5) is 11.5. The highest BCUT2D eigenvalue weighted by atomic mass is 16.2. The second-order valence-electron chi connectivity index (χ2n) is 4.24. The van der Waals surface area contributed by atoms with Crippen LogP contribution in [0.4, 0.5) is 0 Å². The average Bonchev–Trinajstić information content (AvgIpc) is 2.01. The minimum absolute atomic E-state index is 0.0644. The summed E-state index contributed by atoms with van der Waals surface area (Å²) in [6.45, 7) is 7.70. The molecule has 0 aromatic rings. The van der Waals surface area contributed by atoms with E-state index in [1.54, 1.807) is 0 Å². The molecular formula is C11H19NO. The second kappa shape index (κ2) is 4.91. The number of nitrogens with one attached hydrogen (secondary N) is 1. The fraction of sp³-hybridized carbons (Fsp3) is 0.727. The minimum atomic E-state index is -0.331. The maximum Gasteiger partial charge on any atom is 0.225 e. The fourth-order valence-corrected chi connectivity index (χ4v) is 0.842. The van der Waals surface area contributed by atoms with E-state index < -0.39 is 0 Å². The van der Waals surface area contributed by atoms with Crippen LogP contribution in [0, 0.1) is 17.8 Å². The van der Waals surface area contributed by atoms with Crippen molar-refractivity contribution in [3.8, 4) is 12.3 Å². The molecule has 1 amide bonds. The van der Waals surface area contributed by atoms with Crippen LogP contribution < -0.4 is 5.32 Å². The van der Waals surface area contributed by atoms with Crippen LogP contribution in [0.3, 0.4) is 0 Å². The van der Waals surface area contributed by atoms with Crippen LogP contribution in [-0.4, -0.2) is 11.9 Å². The van der Waals surface area contributed by atoms with Gasteiger partial charge in [-0.05, 0) is 6.42 Å². The van der Waals surface area contributed by atoms with Gasteiger partial charge in [-0.2, -0.15) is 0 Å². The zero-order chi connectivity index (χ0) is 10.5. The Morgan fingerprint density at radius 2 is 2.08 bits per heavy atom. The lowest BCUT2D eigenvalue weighted by Gasteiger charge is -2.22. The third-order valence-electron chi connectivity index (χ3n) is 1.87. The van der Waals surface area contributed by atoms with Crippen LogP contribution in [0.5, 0.6) is 0 Å². The maximum absolute atomic E-state index is 11.5. The molecule has 2 nitrogen and oxygen atoms in total. The molecule has 0 aliphatic carbocycles. The van der Waals surface area contributed by atoms with Gasteiger partial charge in [-0.3, -0.25) is 4.79 Å². The molecule has 0 aromatic heterocycles. The summed E-state index contributed by atoms with van der Waals surface area (Å²) >= 11 is 0. The van der Waals surface area contributed by atoms with Crippen molar-refractivity contribution in [1.82, 2.24) is 5.32 Å². The third-order valence-corrected chi connectivity index (χ3v) is 1.87. The van der Waals surface area contributed by atoms with Crippen molar-refractivity contribution in [2.45, 2.75) is 46.6 Å². The molecule has 0 aliphatic rings. The van der Waals surface area contributed by atoms with E-state index in [9.17, 15) is 4.79 Å². The molecule has 74 valence electrons. The van der Waals surface area contributed by atoms with Gasteiger partial charge in [-0.15, -0.1) is 12.3 Å². The molecule has 0 heterocycles. The van der Waals surface area contributed by atoms with Gasteiger partial charge in [0.15, 0.2) is 0 Å². The van der Waals surface area contributed by atoms with Crippen LogP contribution in [0.1, 0.15) is 40.5 Å². The van der Waals surface area contributed by atoms with E-state index in [1.807, 2.05) is 27.7 Å². The standard InChI is InChI=1S/C11H19NO/c1-6-8-9(7-2)12-10(13)11(3,4)5/h1,9H,7-8H2,2-5H3,(H,12,13). The van der Waals surface area contributed by atoms with E-state index in [2.05, 4.69) is 11.2 Å². The topological polar surface area (TPSA) is 29.1 Å². The molecule has 13 heavy (non-hydrogen) atoms. The van der Waals surface area contributed by atoms with Crippen LogP contribution >= 0.6 is 0 Å². The largest absolute Gasteiger partial charge is 0.352 e. The molecule has 0 saturated heterocycles. The van der Waals surface area contributed by atoms with Gasteiger partial charge in [0.05, 0.1) is 0 Å². The summed E-state index contributed by atoms with van der Waals surface area (Å²) in [5.74, 6) is 2.63. The number of carbonyl (C=O) groups is 1. The van der Waals surface area contributed by atoms with Gasteiger partial charge in [-0.25, -0.2) is 0 Å². The SMILES string of the molecule is C#CCC(CC)NC(=O)C(C)(C)C. The number of amides is 1. The number of hydrogen-bond acceptors (Lipinski definition) is 1. The van der Waals surface area contributed by atoms with Gasteiger partial charge in [0, 0.05) is 17.9 Å². The molecule has 0 aromatic carbocycles. The molecule has 0 bridgehead atoms. The smallest absolute Gasteiger partial charge is 0.225 e. The zero-order valence-electron chi connectivity index (χ0n) is 8.98. The number of carbonyl (C=O) groups excluding carboxylic acids is 1. The molecule has 0 spiro atoms. The third kappa shape index (κ3) is 4.57. The first-order valence-electron chi connectivity index (χ1n) is 4.66. The summed E-state index contributed by atoms with van der Waals surface area (Å²) in [7, 11) is 0. The quantitative estimate of drug-likeness (QED) is 0.662. The van der Waals surface area contributed by atoms with Crippen molar-refractivity contribution in [2.24, 2.45) is 5.41 Å². The molecular weight excluding hydrogens is 162 g/mol. The maximum atomic E-state index is 11.5. The molecule has 0 fully saturated rings. The van der Waals surface area contributed by atoms with Gasteiger partial charge in [0.1, 0.15) is 0 Å². The Kier molecular flexibility index (Phi) is 4.55. The highest BCUT2D eigenvalue weighted by molar-refractivity contribution is 5.81. The Morgan fingerprint density at radius 3 is 2.38 bits per heavy atom. The van der Waals surface area contributed by atoms with Crippen LogP contribution in [0.15, 0.2) is 0 Å². The van der Waals surface area contributed by atoms with Crippen molar-refractivity contribution in [1.29, 1.82) is 0 Å². The Balaban J connectivity index is 4.11. The number of rotatable bonds is 3. The van der Waals surface area contributed by atoms with Gasteiger partial charge in [-0.1, -0.05) is 27.7 Å². The Bertz CT molecular complexity index is 207. The summed E-state index contributed by atoms with van der Waals surface area (Å²) in [5, 5.41) is 2.93. The van der Waals surface area contributed by atoms with Gasteiger partial charge >= 0.3 is 0 Å². The zero-order valence-corrected chi connectivity index (χ0v) is 8.98. The van der Waals surface area contributed by atoms with Crippen molar-refractivity contribution >= 4 is 5.91 Å². The Morgan fingerprint density at radius 1 is 1.54 bits per heavy atom. The van der Waals surface area contributed by atoms with E-state index in [1.165, 1.54) is 0 Å². The van der Waals surface area contributed by atoms with Crippen molar-refractivity contribution in [3.63, 3.8) is 0 Å². The summed E-state index contributed by atoms with van der Waals surface area (Å²) < 4.78 is 0. The predicted octanol–water partition coefficient (Wildman–Crippen LogP) is 1.95. The molecule has 0 radical (unpaired) electrons. The molecule has 0 rings (SSSR count). The number of terminal acetylenes is 1. The summed E-state index contributed by atoms with van der Waals surface area (Å²) in [6.07, 6.45) is 6.68. The number of hydrogen-bond donors (Lipinski definition) is 1. The van der Waals surface area contributed by atoms with Crippen LogP contribution in [-0.2, 0) is 4.79 Å². The highest BCUT2D eigenvalue weighted by Crippen LogP contribution is 2.13. The van der Waals surface area contributed by atoms with Gasteiger partial charge in [0.2, 0.25) is 5.91 Å². The second-order valence-corrected chi connectivity index (χ2v) is 4.24. The van der Waals surface area contributed by atoms with E-state index in [0.29, 0.717) is 6.42 Å². The monoisotopic (exact) mass is 181 g/mol. The predicted molar refractivity (Wildman–Crippen MR) is 55.1 cm³/mol. The lowest BCUT2D eigenvalue weighted by atomic mass is 9.95. The average molecular weight is 181 g/mol. The van der Waals surface area contributed by atoms with E-state index >= 15 is 0 Å². The highest BCUT2D eigenvalue weighted by Gasteiger charge is 2.22. The molecule has 0 aliphatic heterocycles. The lowest BCUT2D eigenvalue weighted by Crippen LogP contribution is -2.41. The van der Waals surface area contributed by atoms with Gasteiger partial charge in [0.25, 0.3) is 0 Å². The Hall–Kier alpha value is -0.970. The van der Waals surface area contributed by atoms with Crippen molar-refractivity contribution in [2.75, 3.05) is 0 Å². The van der Waals surface area contributed by atoms with Gasteiger partial charge < -0.3 is 5.32 Å². The van der Waals surface area contributed by atoms with Crippen LogP contribution in [0.25, 0.3) is 0 Å². The molecule has 2 heteroatoms.